The maximum Gasteiger partial charge on any atom is 2.00 e. The van der Waals surface area contributed by atoms with Gasteiger partial charge in [-0.15, -0.1) is 0 Å². The van der Waals surface area contributed by atoms with Gasteiger partial charge in [-0.05, 0) is 48.0 Å². The summed E-state index contributed by atoms with van der Waals surface area (Å²) >= 11 is 0. The summed E-state index contributed by atoms with van der Waals surface area (Å²) in [6, 6.07) is 0. The van der Waals surface area contributed by atoms with Crippen molar-refractivity contribution in [2.75, 3.05) is 0 Å². The Morgan fingerprint density at radius 1 is 0.618 bits per heavy atom. The number of carboxylic acid groups (broad SMARTS) is 4. The van der Waals surface area contributed by atoms with E-state index in [1.807, 2.05) is 13.8 Å². The van der Waals surface area contributed by atoms with Gasteiger partial charge in [0, 0.05) is 0 Å². The van der Waals surface area contributed by atoms with E-state index < -0.39 is 23.9 Å². The molecule has 0 saturated heterocycles. The SMILES string of the molecule is CCCCC(CC)C/C(=C/C(=O)[O-])C(=O)[O-].CCCCC(CC)C/C(=C/C(=O)[O-])C(=O)[O-].[Zn+2].[Zn+2]. The Morgan fingerprint density at radius 2 is 0.912 bits per heavy atom. The summed E-state index contributed by atoms with van der Waals surface area (Å²) in [5.41, 5.74) is -0.356. The molecule has 0 bridgehead atoms. The molecule has 0 aliphatic heterocycles. The van der Waals surface area contributed by atoms with Crippen molar-refractivity contribution in [1.82, 2.24) is 0 Å². The van der Waals surface area contributed by atoms with Crippen molar-refractivity contribution in [1.29, 1.82) is 0 Å². The van der Waals surface area contributed by atoms with Crippen LogP contribution in [0.5, 0.6) is 0 Å². The predicted octanol–water partition coefficient (Wildman–Crippen LogP) is 0.0332. The molecular weight excluding hydrogens is 547 g/mol. The standard InChI is InChI=1S/2C12H20O4.2Zn/c2*1-3-5-6-9(4-2)7-10(12(15)16)8-11(13)14;;/h2*8-9H,3-7H2,1-2H3,(H,13,14)(H,15,16);;/q;;2*+2/p-4/b2*10-8-;;. The monoisotopic (exact) mass is 580 g/mol. The summed E-state index contributed by atoms with van der Waals surface area (Å²) in [4.78, 5) is 42.0. The largest absolute Gasteiger partial charge is 2.00 e. The Morgan fingerprint density at radius 3 is 1.09 bits per heavy atom. The van der Waals surface area contributed by atoms with E-state index in [0.717, 1.165) is 51.4 Å². The molecule has 0 N–H and O–H groups in total. The summed E-state index contributed by atoms with van der Waals surface area (Å²) in [5, 5.41) is 42.0. The fourth-order valence-corrected chi connectivity index (χ4v) is 3.20. The molecule has 0 aliphatic rings. The van der Waals surface area contributed by atoms with E-state index in [4.69, 9.17) is 0 Å². The molecule has 0 aromatic rings. The van der Waals surface area contributed by atoms with Gasteiger partial charge in [-0.2, -0.15) is 0 Å². The van der Waals surface area contributed by atoms with Crippen molar-refractivity contribution >= 4 is 23.9 Å². The third-order valence-electron chi connectivity index (χ3n) is 5.21. The third kappa shape index (κ3) is 22.4. The Hall–Kier alpha value is -1.39. The van der Waals surface area contributed by atoms with Crippen LogP contribution in [0.3, 0.4) is 0 Å². The molecule has 2 atom stereocenters. The van der Waals surface area contributed by atoms with Gasteiger partial charge in [0.1, 0.15) is 0 Å². The molecule has 34 heavy (non-hydrogen) atoms. The molecule has 0 radical (unpaired) electrons. The number of carbonyl (C=O) groups excluding carboxylic acids is 4. The molecule has 10 heteroatoms. The van der Waals surface area contributed by atoms with Crippen LogP contribution in [0.2, 0.25) is 0 Å². The predicted molar refractivity (Wildman–Crippen MR) is 112 cm³/mol. The third-order valence-corrected chi connectivity index (χ3v) is 5.21. The van der Waals surface area contributed by atoms with Crippen LogP contribution in [0.4, 0.5) is 0 Å². The van der Waals surface area contributed by atoms with Crippen molar-refractivity contribution in [2.45, 2.75) is 91.9 Å². The number of carboxylic acids is 4. The van der Waals surface area contributed by atoms with Crippen LogP contribution in [0.15, 0.2) is 23.3 Å². The van der Waals surface area contributed by atoms with E-state index in [9.17, 15) is 39.6 Å². The Kier molecular flexibility index (Phi) is 28.9. The van der Waals surface area contributed by atoms with Crippen LogP contribution >= 0.6 is 0 Å². The fourth-order valence-electron chi connectivity index (χ4n) is 3.20. The second-order valence-corrected chi connectivity index (χ2v) is 7.79. The number of hydrogen-bond donors (Lipinski definition) is 0. The Labute approximate surface area is 228 Å². The van der Waals surface area contributed by atoms with Gasteiger partial charge < -0.3 is 39.6 Å². The fraction of sp³-hybridized carbons (Fsp3) is 0.667. The van der Waals surface area contributed by atoms with Gasteiger partial charge in [0.15, 0.2) is 0 Å². The van der Waals surface area contributed by atoms with E-state index in [-0.39, 0.29) is 74.8 Å². The molecule has 8 nitrogen and oxygen atoms in total. The van der Waals surface area contributed by atoms with Crippen molar-refractivity contribution in [2.24, 2.45) is 11.8 Å². The number of rotatable bonds is 16. The summed E-state index contributed by atoms with van der Waals surface area (Å²) in [6.07, 6.45) is 9.34. The normalized spacial score (nSPS) is 12.7. The van der Waals surface area contributed by atoms with Crippen molar-refractivity contribution < 1.29 is 78.6 Å². The minimum atomic E-state index is -1.48. The van der Waals surface area contributed by atoms with E-state index in [0.29, 0.717) is 12.2 Å². The second-order valence-electron chi connectivity index (χ2n) is 7.79. The molecule has 0 aromatic carbocycles. The zero-order valence-corrected chi connectivity index (χ0v) is 27.0. The molecule has 0 aromatic heterocycles. The quantitative estimate of drug-likeness (QED) is 0.182. The van der Waals surface area contributed by atoms with Crippen LogP contribution in [-0.4, -0.2) is 23.9 Å². The van der Waals surface area contributed by atoms with Crippen LogP contribution in [0, 0.1) is 11.8 Å². The second kappa shape index (κ2) is 24.7. The van der Waals surface area contributed by atoms with Crippen LogP contribution in [-0.2, 0) is 58.1 Å². The first-order valence-corrected chi connectivity index (χ1v) is 11.3. The molecule has 0 rings (SSSR count). The minimum absolute atomic E-state index is 0. The number of unbranched alkanes of at least 4 members (excludes halogenated alkanes) is 2. The van der Waals surface area contributed by atoms with Gasteiger partial charge in [0.05, 0.1) is 23.9 Å². The van der Waals surface area contributed by atoms with Gasteiger partial charge in [0.25, 0.3) is 0 Å². The summed E-state index contributed by atoms with van der Waals surface area (Å²) < 4.78 is 0. The summed E-state index contributed by atoms with van der Waals surface area (Å²) in [7, 11) is 0. The maximum absolute atomic E-state index is 10.7. The average Bonchev–Trinajstić information content (AvgIpc) is 2.72. The first kappa shape index (κ1) is 39.8. The van der Waals surface area contributed by atoms with Crippen molar-refractivity contribution in [3.8, 4) is 0 Å². The molecule has 0 saturated carbocycles. The van der Waals surface area contributed by atoms with Crippen LogP contribution in [0.25, 0.3) is 0 Å². The maximum atomic E-state index is 10.7. The molecule has 0 aliphatic carbocycles. The first-order chi connectivity index (χ1) is 15.0. The van der Waals surface area contributed by atoms with Crippen molar-refractivity contribution in [3.05, 3.63) is 23.3 Å². The van der Waals surface area contributed by atoms with Crippen LogP contribution in [0.1, 0.15) is 91.9 Å². The number of aliphatic carboxylic acids is 4. The number of carbonyl (C=O) groups is 4. The summed E-state index contributed by atoms with van der Waals surface area (Å²) in [6.45, 7) is 8.05. The van der Waals surface area contributed by atoms with E-state index in [1.54, 1.807) is 0 Å². The minimum Gasteiger partial charge on any atom is -0.545 e. The Balaban J connectivity index is -0.000000250. The average molecular weight is 583 g/mol. The van der Waals surface area contributed by atoms with Gasteiger partial charge >= 0.3 is 39.0 Å². The van der Waals surface area contributed by atoms with Gasteiger partial charge in [-0.1, -0.05) is 79.1 Å². The molecular formula is C24H36O8Zn2. The molecule has 0 heterocycles. The Bertz CT molecular complexity index is 603. The molecule has 0 spiro atoms. The molecule has 0 amide bonds. The van der Waals surface area contributed by atoms with E-state index in [2.05, 4.69) is 13.8 Å². The first-order valence-electron chi connectivity index (χ1n) is 11.3. The van der Waals surface area contributed by atoms with Crippen molar-refractivity contribution in [3.63, 3.8) is 0 Å². The van der Waals surface area contributed by atoms with Gasteiger partial charge in [-0.3, -0.25) is 0 Å². The summed E-state index contributed by atoms with van der Waals surface area (Å²) in [5.74, 6) is -5.40. The molecule has 184 valence electrons. The van der Waals surface area contributed by atoms with Gasteiger partial charge in [0.2, 0.25) is 0 Å². The van der Waals surface area contributed by atoms with Gasteiger partial charge in [-0.25, -0.2) is 0 Å². The molecule has 2 unspecified atom stereocenters. The van der Waals surface area contributed by atoms with E-state index >= 15 is 0 Å². The zero-order valence-electron chi connectivity index (χ0n) is 21.1. The topological polar surface area (TPSA) is 161 Å². The molecule has 0 fully saturated rings. The smallest absolute Gasteiger partial charge is 0.545 e. The zero-order chi connectivity index (χ0) is 25.1. The van der Waals surface area contributed by atoms with Crippen LogP contribution < -0.4 is 20.4 Å². The number of hydrogen-bond acceptors (Lipinski definition) is 8. The van der Waals surface area contributed by atoms with E-state index in [1.165, 1.54) is 0 Å².